The van der Waals surface area contributed by atoms with Gasteiger partial charge in [0.2, 0.25) is 10.0 Å². The Balaban J connectivity index is 2.18. The molecule has 2 rings (SSSR count). The Labute approximate surface area is 117 Å². The van der Waals surface area contributed by atoms with Crippen molar-refractivity contribution in [1.82, 2.24) is 9.62 Å². The van der Waals surface area contributed by atoms with E-state index in [4.69, 9.17) is 5.11 Å². The lowest BCUT2D eigenvalue weighted by Crippen LogP contribution is -2.33. The van der Waals surface area contributed by atoms with Crippen LogP contribution in [0.1, 0.15) is 12.0 Å². The molecule has 1 aromatic rings. The van der Waals surface area contributed by atoms with Gasteiger partial charge in [0.15, 0.2) is 0 Å². The Morgan fingerprint density at radius 3 is 2.40 bits per heavy atom. The molecule has 20 heavy (non-hydrogen) atoms. The molecule has 1 aliphatic heterocycles. The molecule has 0 saturated heterocycles. The van der Waals surface area contributed by atoms with E-state index in [0.717, 1.165) is 11.1 Å². The van der Waals surface area contributed by atoms with E-state index in [1.165, 1.54) is 11.9 Å². The van der Waals surface area contributed by atoms with Crippen LogP contribution in [0.15, 0.2) is 35.2 Å². The average molecular weight is 296 g/mol. The Morgan fingerprint density at radius 1 is 1.30 bits per heavy atom. The first-order valence-corrected chi connectivity index (χ1v) is 7.63. The summed E-state index contributed by atoms with van der Waals surface area (Å²) >= 11 is 0. The monoisotopic (exact) mass is 296 g/mol. The van der Waals surface area contributed by atoms with Gasteiger partial charge in [0.25, 0.3) is 0 Å². The predicted molar refractivity (Wildman–Crippen MR) is 74.9 cm³/mol. The standard InChI is InChI=1S/C13H16N2O4S/c1-14-20(18,19)12-4-2-10(3-5-12)11-6-8-15(9-7-11)13(16)17/h2-6,14H,7-9H2,1H3,(H,16,17). The van der Waals surface area contributed by atoms with Crippen molar-refractivity contribution < 1.29 is 18.3 Å². The van der Waals surface area contributed by atoms with Gasteiger partial charge in [-0.05, 0) is 36.7 Å². The van der Waals surface area contributed by atoms with Crippen molar-refractivity contribution in [1.29, 1.82) is 0 Å². The van der Waals surface area contributed by atoms with Crippen LogP contribution in [0.3, 0.4) is 0 Å². The lowest BCUT2D eigenvalue weighted by molar-refractivity contribution is 0.150. The minimum Gasteiger partial charge on any atom is -0.465 e. The summed E-state index contributed by atoms with van der Waals surface area (Å²) in [6.45, 7) is 0.818. The van der Waals surface area contributed by atoms with Crippen molar-refractivity contribution in [2.75, 3.05) is 20.1 Å². The Bertz CT molecular complexity index is 635. The maximum atomic E-state index is 11.6. The number of amides is 1. The Hall–Kier alpha value is -1.86. The van der Waals surface area contributed by atoms with Crippen LogP contribution in [0.25, 0.3) is 5.57 Å². The van der Waals surface area contributed by atoms with Crippen LogP contribution in [-0.2, 0) is 10.0 Å². The summed E-state index contributed by atoms with van der Waals surface area (Å²) < 4.78 is 25.5. The molecule has 0 bridgehead atoms. The van der Waals surface area contributed by atoms with Crippen LogP contribution in [0.4, 0.5) is 4.79 Å². The number of nitrogens with one attached hydrogen (secondary N) is 1. The molecule has 0 spiro atoms. The molecular weight excluding hydrogens is 280 g/mol. The number of nitrogens with zero attached hydrogens (tertiary/aromatic N) is 1. The highest BCUT2D eigenvalue weighted by atomic mass is 32.2. The largest absolute Gasteiger partial charge is 0.465 e. The number of carboxylic acid groups (broad SMARTS) is 1. The van der Waals surface area contributed by atoms with Crippen LogP contribution < -0.4 is 4.72 Å². The molecule has 108 valence electrons. The van der Waals surface area contributed by atoms with Gasteiger partial charge in [0.1, 0.15) is 0 Å². The van der Waals surface area contributed by atoms with Gasteiger partial charge >= 0.3 is 6.09 Å². The number of benzene rings is 1. The van der Waals surface area contributed by atoms with E-state index >= 15 is 0 Å². The van der Waals surface area contributed by atoms with Crippen LogP contribution in [0.5, 0.6) is 0 Å². The summed E-state index contributed by atoms with van der Waals surface area (Å²) in [5.74, 6) is 0. The van der Waals surface area contributed by atoms with Gasteiger partial charge in [0, 0.05) is 13.1 Å². The van der Waals surface area contributed by atoms with E-state index in [0.29, 0.717) is 19.5 Å². The summed E-state index contributed by atoms with van der Waals surface area (Å²) in [7, 11) is -2.05. The maximum absolute atomic E-state index is 11.6. The van der Waals surface area contributed by atoms with E-state index in [2.05, 4.69) is 4.72 Å². The number of hydrogen-bond acceptors (Lipinski definition) is 3. The van der Waals surface area contributed by atoms with Crippen molar-refractivity contribution in [3.05, 3.63) is 35.9 Å². The fraction of sp³-hybridized carbons (Fsp3) is 0.308. The lowest BCUT2D eigenvalue weighted by atomic mass is 10.00. The second-order valence-electron chi connectivity index (χ2n) is 4.44. The molecule has 0 radical (unpaired) electrons. The molecule has 7 heteroatoms. The zero-order valence-electron chi connectivity index (χ0n) is 11.0. The fourth-order valence-corrected chi connectivity index (χ4v) is 2.80. The Morgan fingerprint density at radius 2 is 1.95 bits per heavy atom. The number of carbonyl (C=O) groups is 1. The number of rotatable bonds is 3. The zero-order valence-corrected chi connectivity index (χ0v) is 11.9. The molecule has 0 unspecified atom stereocenters. The van der Waals surface area contributed by atoms with Gasteiger partial charge in [-0.1, -0.05) is 18.2 Å². The van der Waals surface area contributed by atoms with Gasteiger partial charge in [-0.25, -0.2) is 17.9 Å². The highest BCUT2D eigenvalue weighted by Gasteiger charge is 2.17. The average Bonchev–Trinajstić information content (AvgIpc) is 2.47. The van der Waals surface area contributed by atoms with Crippen LogP contribution in [0.2, 0.25) is 0 Å². The van der Waals surface area contributed by atoms with Crippen molar-refractivity contribution in [3.8, 4) is 0 Å². The van der Waals surface area contributed by atoms with Gasteiger partial charge in [-0.2, -0.15) is 0 Å². The normalized spacial score (nSPS) is 15.8. The summed E-state index contributed by atoms with van der Waals surface area (Å²) in [5.41, 5.74) is 1.96. The van der Waals surface area contributed by atoms with Crippen LogP contribution in [0, 0.1) is 0 Å². The lowest BCUT2D eigenvalue weighted by Gasteiger charge is -2.23. The van der Waals surface area contributed by atoms with E-state index in [1.54, 1.807) is 24.3 Å². The maximum Gasteiger partial charge on any atom is 0.407 e. The summed E-state index contributed by atoms with van der Waals surface area (Å²) in [4.78, 5) is 12.4. The van der Waals surface area contributed by atoms with E-state index in [9.17, 15) is 13.2 Å². The molecule has 6 nitrogen and oxygen atoms in total. The van der Waals surface area contributed by atoms with Crippen molar-refractivity contribution >= 4 is 21.7 Å². The van der Waals surface area contributed by atoms with Gasteiger partial charge in [0.05, 0.1) is 4.90 Å². The topological polar surface area (TPSA) is 86.7 Å². The first kappa shape index (κ1) is 14.5. The third kappa shape index (κ3) is 3.00. The third-order valence-electron chi connectivity index (χ3n) is 3.28. The van der Waals surface area contributed by atoms with Crippen molar-refractivity contribution in [3.63, 3.8) is 0 Å². The molecule has 0 aromatic heterocycles. The summed E-state index contributed by atoms with van der Waals surface area (Å²) in [6, 6.07) is 6.58. The third-order valence-corrected chi connectivity index (χ3v) is 4.71. The Kier molecular flexibility index (Phi) is 4.10. The smallest absolute Gasteiger partial charge is 0.407 e. The fourth-order valence-electron chi connectivity index (χ4n) is 2.07. The molecule has 1 aliphatic rings. The van der Waals surface area contributed by atoms with E-state index < -0.39 is 16.1 Å². The molecule has 0 saturated carbocycles. The SMILES string of the molecule is CNS(=O)(=O)c1ccc(C2=CCN(C(=O)O)CC2)cc1. The summed E-state index contributed by atoms with van der Waals surface area (Å²) in [5, 5.41) is 8.87. The van der Waals surface area contributed by atoms with Crippen molar-refractivity contribution in [2.45, 2.75) is 11.3 Å². The molecular formula is C13H16N2O4S. The zero-order chi connectivity index (χ0) is 14.8. The minimum absolute atomic E-state index is 0.215. The van der Waals surface area contributed by atoms with Crippen molar-refractivity contribution in [2.24, 2.45) is 0 Å². The quantitative estimate of drug-likeness (QED) is 0.881. The highest BCUT2D eigenvalue weighted by Crippen LogP contribution is 2.23. The summed E-state index contributed by atoms with van der Waals surface area (Å²) in [6.07, 6.45) is 1.57. The second-order valence-corrected chi connectivity index (χ2v) is 6.33. The second kappa shape index (κ2) is 5.64. The van der Waals surface area contributed by atoms with Gasteiger partial charge in [-0.15, -0.1) is 0 Å². The highest BCUT2D eigenvalue weighted by molar-refractivity contribution is 7.89. The molecule has 1 aromatic carbocycles. The minimum atomic E-state index is -3.42. The van der Waals surface area contributed by atoms with E-state index in [-0.39, 0.29) is 4.90 Å². The molecule has 1 amide bonds. The predicted octanol–water partition coefficient (Wildman–Crippen LogP) is 1.36. The molecule has 2 N–H and O–H groups in total. The van der Waals surface area contributed by atoms with Gasteiger partial charge < -0.3 is 10.0 Å². The van der Waals surface area contributed by atoms with Crippen LogP contribution >= 0.6 is 0 Å². The molecule has 1 heterocycles. The molecule has 0 atom stereocenters. The van der Waals surface area contributed by atoms with Gasteiger partial charge in [-0.3, -0.25) is 0 Å². The number of sulfonamides is 1. The van der Waals surface area contributed by atoms with E-state index in [1.807, 2.05) is 6.08 Å². The first-order valence-electron chi connectivity index (χ1n) is 6.15. The van der Waals surface area contributed by atoms with Crippen LogP contribution in [-0.4, -0.2) is 44.7 Å². The first-order chi connectivity index (χ1) is 9.44. The number of hydrogen-bond donors (Lipinski definition) is 2. The molecule has 0 aliphatic carbocycles. The molecule has 0 fully saturated rings.